The maximum Gasteiger partial charge on any atom is -0.0149 e. The Morgan fingerprint density at radius 3 is 1.77 bits per heavy atom. The molecule has 6 heteroatoms. The SMILES string of the molecule is CC(C)(C)c1ccnc(-n2c3ccc(C(C)(C)C)cc3c3ccc(Oc4ccc5c(c4)C(n4[c](=[Pt])n(-c6c(-c7ccccc7)cc(C(C)(C)C)cc6-c6ccccc6)c6ccccc64)CCC5)cc32)c1. The molecule has 3 aromatic heterocycles. The van der Waals surface area contributed by atoms with Crippen LogP contribution in [0.5, 0.6) is 11.5 Å². The molecule has 0 aliphatic heterocycles. The third-order valence-electron chi connectivity index (χ3n) is 14.5. The van der Waals surface area contributed by atoms with Gasteiger partial charge in [-0.2, -0.15) is 0 Å². The number of ether oxygens (including phenoxy) is 1. The zero-order chi connectivity index (χ0) is 48.7. The molecule has 0 fully saturated rings. The molecule has 0 saturated heterocycles. The normalized spacial score (nSPS) is 14.4. The Labute approximate surface area is 423 Å². The van der Waals surface area contributed by atoms with E-state index in [1.165, 1.54) is 81.4 Å². The predicted octanol–water partition coefficient (Wildman–Crippen LogP) is 16.9. The Morgan fingerprint density at radius 2 is 1.11 bits per heavy atom. The first-order chi connectivity index (χ1) is 33.5. The minimum atomic E-state index is -0.0568. The number of aromatic nitrogens is 4. The van der Waals surface area contributed by atoms with Crippen LogP contribution >= 0.6 is 0 Å². The predicted molar refractivity (Wildman–Crippen MR) is 288 cm³/mol. The first kappa shape index (κ1) is 45.9. The first-order valence-electron chi connectivity index (χ1n) is 24.9. The standard InChI is InChI=1S/C64H62N4O.Pt/c1-62(2,3)45-28-32-56-54(35-45)50-31-30-49(40-59(50)68(56)60-38-46(33-34-65-60)63(4,5)6)69-48-29-27-44-23-18-26-55(51(44)39-48)66-41-67(58-25-17-16-24-57(58)66)61-52(42-19-12-10-13-20-42)36-47(64(7,8)9)37-53(61)43-21-14-11-15-22-43;/h10-17,19-22,24-25,27-40,55H,18,23,26H2,1-9H3;. The van der Waals surface area contributed by atoms with Crippen LogP contribution in [0.2, 0.25) is 0 Å². The van der Waals surface area contributed by atoms with Crippen LogP contribution in [0.15, 0.2) is 170 Å². The second-order valence-electron chi connectivity index (χ2n) is 22.4. The molecule has 5 nitrogen and oxygen atoms in total. The maximum absolute atomic E-state index is 6.99. The molecule has 10 aromatic rings. The fourth-order valence-corrected chi connectivity index (χ4v) is 11.8. The Morgan fingerprint density at radius 1 is 0.514 bits per heavy atom. The maximum atomic E-state index is 6.99. The van der Waals surface area contributed by atoms with Gasteiger partial charge in [0.2, 0.25) is 0 Å². The molecule has 1 atom stereocenters. The number of para-hydroxylation sites is 2. The Balaban J connectivity index is 1.06. The largest absolute Gasteiger partial charge is 0.0149 e. The van der Waals surface area contributed by atoms with Crippen LogP contribution in [-0.4, -0.2) is 18.7 Å². The summed E-state index contributed by atoms with van der Waals surface area (Å²) in [5.41, 5.74) is 17.2. The van der Waals surface area contributed by atoms with Gasteiger partial charge < -0.3 is 0 Å². The molecular formula is C64H62N4OPt. The summed E-state index contributed by atoms with van der Waals surface area (Å²) in [5, 5.41) is 2.40. The molecule has 11 rings (SSSR count). The summed E-state index contributed by atoms with van der Waals surface area (Å²) in [6.07, 6.45) is 5.11. The van der Waals surface area contributed by atoms with Crippen LogP contribution in [0.3, 0.4) is 0 Å². The van der Waals surface area contributed by atoms with Gasteiger partial charge in [0.15, 0.2) is 0 Å². The van der Waals surface area contributed by atoms with Gasteiger partial charge in [0.25, 0.3) is 0 Å². The van der Waals surface area contributed by atoms with Gasteiger partial charge in [-0.05, 0) is 46.2 Å². The third kappa shape index (κ3) is 8.20. The molecule has 354 valence electrons. The number of fused-ring (bicyclic) bond motifs is 5. The van der Waals surface area contributed by atoms with Crippen LogP contribution < -0.4 is 4.74 Å². The smallest absolute Gasteiger partial charge is 0.0149 e. The first-order valence-corrected chi connectivity index (χ1v) is 26.0. The van der Waals surface area contributed by atoms with Crippen molar-refractivity contribution < 1.29 is 24.1 Å². The van der Waals surface area contributed by atoms with E-state index in [0.717, 1.165) is 47.6 Å². The van der Waals surface area contributed by atoms with Crippen LogP contribution in [0, 0.1) is 3.80 Å². The van der Waals surface area contributed by atoms with E-state index < -0.39 is 0 Å². The van der Waals surface area contributed by atoms with Gasteiger partial charge in [0.05, 0.1) is 0 Å². The average Bonchev–Trinajstić information content (AvgIpc) is 3.83. The van der Waals surface area contributed by atoms with Gasteiger partial charge in [-0.25, -0.2) is 4.98 Å². The Bertz CT molecular complexity index is 3620. The molecule has 0 amide bonds. The number of aryl methyl sites for hydroxylation is 1. The van der Waals surface area contributed by atoms with Crippen LogP contribution in [0.25, 0.3) is 66.6 Å². The minimum Gasteiger partial charge on any atom is -0.0149 e. The topological polar surface area (TPSA) is 36.9 Å². The summed E-state index contributed by atoms with van der Waals surface area (Å²) in [6.45, 7) is 20.6. The molecule has 0 spiro atoms. The number of pyridine rings is 1. The number of nitrogens with zero attached hydrogens (tertiary/aromatic N) is 4. The van der Waals surface area contributed by atoms with Gasteiger partial charge in [0, 0.05) is 6.20 Å². The molecule has 3 heterocycles. The zero-order valence-corrected chi connectivity index (χ0v) is 44.2. The zero-order valence-electron chi connectivity index (χ0n) is 41.9. The molecule has 0 radical (unpaired) electrons. The fraction of sp³-hybridized carbons (Fsp3) is 0.250. The number of hydrogen-bond acceptors (Lipinski definition) is 2. The molecule has 0 saturated carbocycles. The quantitative estimate of drug-likeness (QED) is 0.159. The molecular weight excluding hydrogens is 1040 g/mol. The number of imidazole rings is 1. The second kappa shape index (κ2) is 17.4. The van der Waals surface area contributed by atoms with Gasteiger partial charge in [-0.1, -0.05) is 47.6 Å². The van der Waals surface area contributed by atoms with Gasteiger partial charge >= 0.3 is 321 Å². The van der Waals surface area contributed by atoms with E-state index in [1.54, 1.807) is 0 Å². The van der Waals surface area contributed by atoms with E-state index in [4.69, 9.17) is 9.72 Å². The summed E-state index contributed by atoms with van der Waals surface area (Å²) in [6, 6.07) is 60.5. The van der Waals surface area contributed by atoms with Crippen molar-refractivity contribution in [3.8, 4) is 45.3 Å². The molecule has 0 N–H and O–H groups in total. The average molecular weight is 1100 g/mol. The summed E-state index contributed by atoms with van der Waals surface area (Å²) in [7, 11) is 0. The molecule has 1 aliphatic carbocycles. The Hall–Kier alpha value is -6.55. The van der Waals surface area contributed by atoms with Crippen molar-refractivity contribution in [2.45, 2.75) is 104 Å². The van der Waals surface area contributed by atoms with Crippen molar-refractivity contribution >= 4 is 32.8 Å². The van der Waals surface area contributed by atoms with E-state index in [1.807, 2.05) is 6.20 Å². The van der Waals surface area contributed by atoms with Crippen molar-refractivity contribution in [1.29, 1.82) is 0 Å². The summed E-state index contributed by atoms with van der Waals surface area (Å²) < 4.78 is 15.6. The molecule has 7 aromatic carbocycles. The van der Waals surface area contributed by atoms with Gasteiger partial charge in [0.1, 0.15) is 0 Å². The van der Waals surface area contributed by atoms with Crippen molar-refractivity contribution in [3.05, 3.63) is 202 Å². The molecule has 1 unspecified atom stereocenters. The summed E-state index contributed by atoms with van der Waals surface area (Å²) in [4.78, 5) is 4.99. The summed E-state index contributed by atoms with van der Waals surface area (Å²) in [5.74, 6) is 2.55. The monoisotopic (exact) mass is 1100 g/mol. The second-order valence-corrected chi connectivity index (χ2v) is 23.4. The van der Waals surface area contributed by atoms with E-state index in [2.05, 4.69) is 259 Å². The van der Waals surface area contributed by atoms with Crippen LogP contribution in [0.1, 0.15) is 109 Å². The summed E-state index contributed by atoms with van der Waals surface area (Å²) >= 11 is 2.62. The van der Waals surface area contributed by atoms with Crippen molar-refractivity contribution in [2.24, 2.45) is 0 Å². The van der Waals surface area contributed by atoms with E-state index in [-0.39, 0.29) is 22.3 Å². The van der Waals surface area contributed by atoms with E-state index in [0.29, 0.717) is 0 Å². The minimum absolute atomic E-state index is 0.0135. The molecule has 70 heavy (non-hydrogen) atoms. The van der Waals surface area contributed by atoms with Crippen LogP contribution in [-0.2, 0) is 42.0 Å². The van der Waals surface area contributed by atoms with Crippen molar-refractivity contribution in [3.63, 3.8) is 0 Å². The van der Waals surface area contributed by atoms with Gasteiger partial charge in [-0.3, -0.25) is 0 Å². The van der Waals surface area contributed by atoms with Crippen LogP contribution in [0.4, 0.5) is 0 Å². The number of hydrogen-bond donors (Lipinski definition) is 0. The molecule has 0 bridgehead atoms. The fourth-order valence-electron chi connectivity index (χ4n) is 10.6. The van der Waals surface area contributed by atoms with Crippen molar-refractivity contribution in [1.82, 2.24) is 18.7 Å². The van der Waals surface area contributed by atoms with E-state index in [9.17, 15) is 0 Å². The molecule has 1 aliphatic rings. The number of benzene rings is 7. The van der Waals surface area contributed by atoms with E-state index >= 15 is 0 Å². The number of rotatable bonds is 7. The Kier molecular flexibility index (Phi) is 11.4. The van der Waals surface area contributed by atoms with Gasteiger partial charge in [-0.15, -0.1) is 0 Å². The third-order valence-corrected chi connectivity index (χ3v) is 15.6. The van der Waals surface area contributed by atoms with Crippen molar-refractivity contribution in [2.75, 3.05) is 0 Å².